The van der Waals surface area contributed by atoms with E-state index in [0.717, 1.165) is 13.0 Å². The van der Waals surface area contributed by atoms with Crippen molar-refractivity contribution in [3.05, 3.63) is 47.5 Å². The number of halogens is 2. The highest BCUT2D eigenvalue weighted by Crippen LogP contribution is 2.34. The lowest BCUT2D eigenvalue weighted by Gasteiger charge is -2.11. The number of aromatic nitrogens is 2. The lowest BCUT2D eigenvalue weighted by molar-refractivity contribution is -0.139. The van der Waals surface area contributed by atoms with Crippen LogP contribution in [0.2, 0.25) is 5.02 Å². The summed E-state index contributed by atoms with van der Waals surface area (Å²) in [6.07, 6.45) is 4.89. The molecule has 3 N–H and O–H groups in total. The second kappa shape index (κ2) is 13.4. The van der Waals surface area contributed by atoms with Gasteiger partial charge in [-0.3, -0.25) is 4.79 Å². The summed E-state index contributed by atoms with van der Waals surface area (Å²) in [6.45, 7) is 3.39. The van der Waals surface area contributed by atoms with E-state index in [1.54, 1.807) is 18.2 Å². The van der Waals surface area contributed by atoms with Gasteiger partial charge in [0.05, 0.1) is 37.0 Å². The third-order valence-electron chi connectivity index (χ3n) is 4.59. The molecule has 0 aliphatic carbocycles. The quantitative estimate of drug-likeness (QED) is 0.297. The predicted molar refractivity (Wildman–Crippen MR) is 127 cm³/mol. The van der Waals surface area contributed by atoms with Gasteiger partial charge in [0, 0.05) is 11.5 Å². The van der Waals surface area contributed by atoms with Crippen molar-refractivity contribution in [3.63, 3.8) is 0 Å². The SMILES string of the molecule is CCCCCNCC(=O)OC.COc1cc2ncnc(Nc3cccc(Cl)c3F)c2cc1O. The molecular formula is C23H28ClFN4O4. The van der Waals surface area contributed by atoms with E-state index >= 15 is 0 Å². The van der Waals surface area contributed by atoms with Gasteiger partial charge in [-0.2, -0.15) is 0 Å². The van der Waals surface area contributed by atoms with Crippen LogP contribution in [0, 0.1) is 5.82 Å². The number of phenolic OH excluding ortho intramolecular Hbond substituents is 1. The maximum atomic E-state index is 14.0. The number of benzene rings is 2. The highest BCUT2D eigenvalue weighted by atomic mass is 35.5. The number of carbonyl (C=O) groups is 1. The normalized spacial score (nSPS) is 10.3. The van der Waals surface area contributed by atoms with Crippen LogP contribution in [0.15, 0.2) is 36.7 Å². The largest absolute Gasteiger partial charge is 0.504 e. The van der Waals surface area contributed by atoms with Crippen LogP contribution in [0.3, 0.4) is 0 Å². The van der Waals surface area contributed by atoms with Crippen LogP contribution < -0.4 is 15.4 Å². The van der Waals surface area contributed by atoms with Gasteiger partial charge in [0.1, 0.15) is 12.1 Å². The Bertz CT molecular complexity index is 1070. The van der Waals surface area contributed by atoms with Crippen molar-refractivity contribution >= 4 is 40.0 Å². The molecule has 0 unspecified atom stereocenters. The molecule has 0 radical (unpaired) electrons. The number of carbonyl (C=O) groups excluding carboxylic acids is 1. The lowest BCUT2D eigenvalue weighted by Crippen LogP contribution is -2.24. The first-order chi connectivity index (χ1) is 15.9. The standard InChI is InChI=1S/C15H11ClFN3O2.C8H17NO2/c1-22-13-6-11-8(5-12(13)21)15(19-7-18-11)20-10-4-2-3-9(16)14(10)17;1-3-4-5-6-9-7-8(10)11-2/h2-7,21H,1H3,(H,18,19,20);9H,3-7H2,1-2H3. The summed E-state index contributed by atoms with van der Waals surface area (Å²) < 4.78 is 23.5. The minimum absolute atomic E-state index is 0.00729. The van der Waals surface area contributed by atoms with Crippen molar-refractivity contribution in [1.29, 1.82) is 0 Å². The Morgan fingerprint density at radius 3 is 2.70 bits per heavy atom. The molecule has 0 saturated carbocycles. The van der Waals surface area contributed by atoms with Gasteiger partial charge in [0.2, 0.25) is 0 Å². The fraction of sp³-hybridized carbons (Fsp3) is 0.348. The van der Waals surface area contributed by atoms with Crippen molar-refractivity contribution in [2.75, 3.05) is 32.6 Å². The molecule has 178 valence electrons. The molecule has 0 aliphatic heterocycles. The van der Waals surface area contributed by atoms with E-state index in [2.05, 4.69) is 32.3 Å². The van der Waals surface area contributed by atoms with E-state index in [4.69, 9.17) is 16.3 Å². The molecule has 0 amide bonds. The topological polar surface area (TPSA) is 106 Å². The third-order valence-corrected chi connectivity index (χ3v) is 4.89. The van der Waals surface area contributed by atoms with Gasteiger partial charge in [-0.15, -0.1) is 0 Å². The molecular weight excluding hydrogens is 451 g/mol. The van der Waals surface area contributed by atoms with Gasteiger partial charge >= 0.3 is 5.97 Å². The van der Waals surface area contributed by atoms with Gasteiger partial charge in [-0.05, 0) is 31.2 Å². The van der Waals surface area contributed by atoms with Gasteiger partial charge < -0.3 is 25.2 Å². The van der Waals surface area contributed by atoms with Gasteiger partial charge in [0.25, 0.3) is 0 Å². The van der Waals surface area contributed by atoms with E-state index in [-0.39, 0.29) is 22.4 Å². The number of nitrogens with one attached hydrogen (secondary N) is 2. The minimum Gasteiger partial charge on any atom is -0.504 e. The monoisotopic (exact) mass is 478 g/mol. The van der Waals surface area contributed by atoms with E-state index in [1.165, 1.54) is 45.5 Å². The first kappa shape index (κ1) is 26.1. The molecule has 33 heavy (non-hydrogen) atoms. The summed E-state index contributed by atoms with van der Waals surface area (Å²) in [4.78, 5) is 18.8. The van der Waals surface area contributed by atoms with Crippen LogP contribution in [-0.4, -0.2) is 48.4 Å². The average molecular weight is 479 g/mol. The number of phenols is 1. The van der Waals surface area contributed by atoms with E-state index in [0.29, 0.717) is 29.0 Å². The van der Waals surface area contributed by atoms with Gasteiger partial charge in [0.15, 0.2) is 17.3 Å². The zero-order valence-corrected chi connectivity index (χ0v) is 19.6. The van der Waals surface area contributed by atoms with Crippen LogP contribution >= 0.6 is 11.6 Å². The van der Waals surface area contributed by atoms with E-state index in [9.17, 15) is 14.3 Å². The first-order valence-corrected chi connectivity index (χ1v) is 10.8. The molecule has 0 spiro atoms. The smallest absolute Gasteiger partial charge is 0.319 e. The Kier molecular flexibility index (Phi) is 10.6. The van der Waals surface area contributed by atoms with Crippen LogP contribution in [0.1, 0.15) is 26.2 Å². The number of fused-ring (bicyclic) bond motifs is 1. The molecule has 0 fully saturated rings. The fourth-order valence-corrected chi connectivity index (χ4v) is 3.00. The van der Waals surface area contributed by atoms with Crippen molar-refractivity contribution in [1.82, 2.24) is 15.3 Å². The Hall–Kier alpha value is -3.17. The summed E-state index contributed by atoms with van der Waals surface area (Å²) >= 11 is 5.76. The highest BCUT2D eigenvalue weighted by molar-refractivity contribution is 6.31. The summed E-state index contributed by atoms with van der Waals surface area (Å²) in [7, 11) is 2.85. The van der Waals surface area contributed by atoms with Crippen LogP contribution in [-0.2, 0) is 9.53 Å². The number of esters is 1. The molecule has 2 aromatic carbocycles. The lowest BCUT2D eigenvalue weighted by atomic mass is 10.2. The summed E-state index contributed by atoms with van der Waals surface area (Å²) in [5.41, 5.74) is 0.734. The summed E-state index contributed by atoms with van der Waals surface area (Å²) in [6, 6.07) is 7.65. The van der Waals surface area contributed by atoms with Crippen molar-refractivity contribution in [2.45, 2.75) is 26.2 Å². The van der Waals surface area contributed by atoms with Crippen LogP contribution in [0.25, 0.3) is 10.9 Å². The Morgan fingerprint density at radius 2 is 2.00 bits per heavy atom. The molecule has 3 aromatic rings. The molecule has 0 aliphatic rings. The average Bonchev–Trinajstić information content (AvgIpc) is 2.82. The van der Waals surface area contributed by atoms with E-state index in [1.807, 2.05) is 0 Å². The summed E-state index contributed by atoms with van der Waals surface area (Å²) in [5.74, 6) is -0.176. The maximum absolute atomic E-state index is 14.0. The highest BCUT2D eigenvalue weighted by Gasteiger charge is 2.12. The zero-order valence-electron chi connectivity index (χ0n) is 18.8. The molecule has 1 aromatic heterocycles. The predicted octanol–water partition coefficient (Wildman–Crippen LogP) is 4.82. The van der Waals surface area contributed by atoms with Crippen molar-refractivity contribution < 1.29 is 23.8 Å². The summed E-state index contributed by atoms with van der Waals surface area (Å²) in [5, 5.41) is 16.3. The second-order valence-electron chi connectivity index (χ2n) is 6.95. The number of methoxy groups -OCH3 is 2. The Balaban J connectivity index is 0.000000299. The number of rotatable bonds is 9. The molecule has 0 bridgehead atoms. The molecule has 1 heterocycles. The number of aromatic hydroxyl groups is 1. The number of anilines is 2. The van der Waals surface area contributed by atoms with Gasteiger partial charge in [-0.25, -0.2) is 14.4 Å². The fourth-order valence-electron chi connectivity index (χ4n) is 2.83. The Labute approximate surface area is 197 Å². The molecule has 8 nitrogen and oxygen atoms in total. The first-order valence-electron chi connectivity index (χ1n) is 10.4. The van der Waals surface area contributed by atoms with E-state index < -0.39 is 5.82 Å². The minimum atomic E-state index is -0.575. The van der Waals surface area contributed by atoms with Crippen LogP contribution in [0.4, 0.5) is 15.9 Å². The molecule has 3 rings (SSSR count). The van der Waals surface area contributed by atoms with Crippen molar-refractivity contribution in [3.8, 4) is 11.5 Å². The Morgan fingerprint density at radius 1 is 1.21 bits per heavy atom. The number of hydrogen-bond acceptors (Lipinski definition) is 8. The zero-order chi connectivity index (χ0) is 24.2. The van der Waals surface area contributed by atoms with Crippen molar-refractivity contribution in [2.24, 2.45) is 0 Å². The third kappa shape index (κ3) is 7.73. The molecule has 10 heteroatoms. The van der Waals surface area contributed by atoms with Gasteiger partial charge in [-0.1, -0.05) is 37.4 Å². The molecule has 0 atom stereocenters. The van der Waals surface area contributed by atoms with Crippen LogP contribution in [0.5, 0.6) is 11.5 Å². The second-order valence-corrected chi connectivity index (χ2v) is 7.36. The number of ether oxygens (including phenoxy) is 2. The number of nitrogens with zero attached hydrogens (tertiary/aromatic N) is 2. The number of hydrogen-bond donors (Lipinski definition) is 3. The maximum Gasteiger partial charge on any atom is 0.319 e. The molecule has 0 saturated heterocycles. The number of unbranched alkanes of at least 4 members (excludes halogenated alkanes) is 2.